The Morgan fingerprint density at radius 1 is 0.884 bits per heavy atom. The number of rotatable bonds is 5. The number of carbonyl (C=O) groups is 3. The van der Waals surface area contributed by atoms with Crippen LogP contribution in [0.5, 0.6) is 11.5 Å². The molecule has 10 nitrogen and oxygen atoms in total. The highest BCUT2D eigenvalue weighted by Crippen LogP contribution is 2.18. The maximum absolute atomic E-state index is 13.4. The van der Waals surface area contributed by atoms with Crippen molar-refractivity contribution in [2.24, 2.45) is 5.92 Å². The third kappa shape index (κ3) is 9.72. The average Bonchev–Trinajstić information content (AvgIpc) is 3.48. The summed E-state index contributed by atoms with van der Waals surface area (Å²) in [5.74, 6) is -0.602. The fourth-order valence-corrected chi connectivity index (χ4v) is 4.87. The standard InChI is InChI=1S/C32H40BN3O7/c1-21(2)19-30(33(40)41)36-32(39)28-20-23-7-12-25(13-8-23)43-18-4-3-17-42-24-10-5-22(6-11-24)9-16-29(37)26-14-15-27(34-26)31(38)35-28/h5-8,10-15,21,28,30,34,40-41H,3-4,9,16-20H2,1-2H3,(H,35,38)(H,36,39). The van der Waals surface area contributed by atoms with Gasteiger partial charge in [-0.1, -0.05) is 38.1 Å². The van der Waals surface area contributed by atoms with Gasteiger partial charge in [-0.15, -0.1) is 0 Å². The number of hydrogen-bond donors (Lipinski definition) is 5. The number of ketones is 1. The normalized spacial score (nSPS) is 17.4. The molecular weight excluding hydrogens is 549 g/mol. The van der Waals surface area contributed by atoms with Crippen LogP contribution in [-0.2, 0) is 17.6 Å². The summed E-state index contributed by atoms with van der Waals surface area (Å²) in [7, 11) is -1.75. The van der Waals surface area contributed by atoms with Crippen molar-refractivity contribution in [1.29, 1.82) is 0 Å². The number of nitrogens with one attached hydrogen (secondary N) is 3. The minimum atomic E-state index is -1.75. The summed E-state index contributed by atoms with van der Waals surface area (Å²) in [6, 6.07) is 17.0. The van der Waals surface area contributed by atoms with Gasteiger partial charge in [0.15, 0.2) is 5.78 Å². The van der Waals surface area contributed by atoms with Crippen molar-refractivity contribution >= 4 is 24.7 Å². The first-order valence-electron chi connectivity index (χ1n) is 14.8. The summed E-state index contributed by atoms with van der Waals surface area (Å²) in [4.78, 5) is 42.4. The third-order valence-electron chi connectivity index (χ3n) is 7.27. The molecule has 4 aliphatic heterocycles. The van der Waals surface area contributed by atoms with Gasteiger partial charge in [-0.05, 0) is 79.1 Å². The monoisotopic (exact) mass is 589 g/mol. The minimum absolute atomic E-state index is 0.0947. The SMILES string of the molecule is CC(C)CC(NC(=O)C1Cc2ccc(cc2)OCCCCOc2ccc(cc2)CCC(=O)c2ccc([nH]2)C(=O)N1)B(O)O. The predicted octanol–water partition coefficient (Wildman–Crippen LogP) is 3.27. The lowest BCUT2D eigenvalue weighted by atomic mass is 9.75. The lowest BCUT2D eigenvalue weighted by molar-refractivity contribution is -0.123. The second-order valence-corrected chi connectivity index (χ2v) is 11.3. The Morgan fingerprint density at radius 2 is 1.47 bits per heavy atom. The molecule has 5 N–H and O–H groups in total. The number of aryl methyl sites for hydroxylation is 1. The van der Waals surface area contributed by atoms with Crippen LogP contribution < -0.4 is 20.1 Å². The van der Waals surface area contributed by atoms with Gasteiger partial charge in [0.1, 0.15) is 23.2 Å². The molecule has 0 fully saturated rings. The summed E-state index contributed by atoms with van der Waals surface area (Å²) < 4.78 is 11.7. The van der Waals surface area contributed by atoms with Crippen molar-refractivity contribution in [1.82, 2.24) is 15.6 Å². The Morgan fingerprint density at radius 3 is 2.05 bits per heavy atom. The summed E-state index contributed by atoms with van der Waals surface area (Å²) in [6.45, 7) is 4.91. The van der Waals surface area contributed by atoms with E-state index in [1.54, 1.807) is 6.07 Å². The highest BCUT2D eigenvalue weighted by molar-refractivity contribution is 6.43. The van der Waals surface area contributed by atoms with E-state index in [2.05, 4.69) is 15.6 Å². The Labute approximate surface area is 252 Å². The lowest BCUT2D eigenvalue weighted by Crippen LogP contribution is -2.55. The smallest absolute Gasteiger partial charge is 0.475 e. The average molecular weight is 589 g/mol. The van der Waals surface area contributed by atoms with Crippen LogP contribution in [0.25, 0.3) is 0 Å². The van der Waals surface area contributed by atoms with Crippen LogP contribution in [0.1, 0.15) is 71.6 Å². The first-order valence-corrected chi connectivity index (χ1v) is 14.8. The zero-order valence-corrected chi connectivity index (χ0v) is 24.7. The molecule has 2 amide bonds. The maximum Gasteiger partial charge on any atom is 0.475 e. The van der Waals surface area contributed by atoms with Gasteiger partial charge < -0.3 is 35.1 Å². The molecule has 43 heavy (non-hydrogen) atoms. The van der Waals surface area contributed by atoms with E-state index in [1.807, 2.05) is 62.4 Å². The van der Waals surface area contributed by atoms with E-state index in [1.165, 1.54) is 6.07 Å². The van der Waals surface area contributed by atoms with Crippen LogP contribution in [-0.4, -0.2) is 64.9 Å². The van der Waals surface area contributed by atoms with E-state index in [-0.39, 0.29) is 30.2 Å². The van der Waals surface area contributed by atoms with E-state index < -0.39 is 30.9 Å². The molecule has 0 radical (unpaired) electrons. The molecule has 1 aromatic heterocycles. The largest absolute Gasteiger partial charge is 0.494 e. The van der Waals surface area contributed by atoms with Gasteiger partial charge in [0.05, 0.1) is 24.8 Å². The van der Waals surface area contributed by atoms with Gasteiger partial charge in [-0.25, -0.2) is 0 Å². The molecule has 7 rings (SSSR count). The molecule has 0 saturated carbocycles. The van der Waals surface area contributed by atoms with Crippen molar-refractivity contribution < 1.29 is 33.9 Å². The molecule has 0 spiro atoms. The Kier molecular flexibility index (Phi) is 11.4. The Balaban J connectivity index is 1.55. The van der Waals surface area contributed by atoms with Crippen LogP contribution in [0.4, 0.5) is 0 Å². The van der Waals surface area contributed by atoms with Crippen molar-refractivity contribution in [3.8, 4) is 11.5 Å². The topological polar surface area (TPSA) is 150 Å². The van der Waals surface area contributed by atoms with Gasteiger partial charge in [0.25, 0.3) is 5.91 Å². The lowest BCUT2D eigenvalue weighted by Gasteiger charge is -2.24. The summed E-state index contributed by atoms with van der Waals surface area (Å²) in [5, 5.41) is 25.1. The molecule has 11 heteroatoms. The number of Topliss-reactive ketones (excluding diaryl/α,β-unsaturated/α-hetero) is 1. The first kappa shape index (κ1) is 31.8. The number of aromatic nitrogens is 1. The zero-order chi connectivity index (χ0) is 30.8. The second-order valence-electron chi connectivity index (χ2n) is 11.3. The molecule has 2 atom stereocenters. The summed E-state index contributed by atoms with van der Waals surface area (Å²) in [6.07, 6.45) is 2.91. The third-order valence-corrected chi connectivity index (χ3v) is 7.27. The van der Waals surface area contributed by atoms with E-state index in [0.29, 0.717) is 37.5 Å². The number of H-pyrrole nitrogens is 1. The summed E-state index contributed by atoms with van der Waals surface area (Å²) >= 11 is 0. The molecule has 2 unspecified atom stereocenters. The van der Waals surface area contributed by atoms with E-state index >= 15 is 0 Å². The molecule has 3 aromatic rings. The van der Waals surface area contributed by atoms with Crippen molar-refractivity contribution in [3.05, 3.63) is 83.2 Å². The van der Waals surface area contributed by atoms with E-state index in [9.17, 15) is 24.4 Å². The molecule has 6 bridgehead atoms. The highest BCUT2D eigenvalue weighted by atomic mass is 16.5. The van der Waals surface area contributed by atoms with Crippen molar-refractivity contribution in [2.75, 3.05) is 13.2 Å². The fraction of sp³-hybridized carbons (Fsp3) is 0.406. The molecule has 228 valence electrons. The number of ether oxygens (including phenoxy) is 2. The van der Waals surface area contributed by atoms with Crippen LogP contribution in [0, 0.1) is 5.92 Å². The van der Waals surface area contributed by atoms with Crippen LogP contribution in [0.3, 0.4) is 0 Å². The van der Waals surface area contributed by atoms with Gasteiger partial charge in [0.2, 0.25) is 5.91 Å². The first-order chi connectivity index (χ1) is 20.7. The predicted molar refractivity (Wildman–Crippen MR) is 163 cm³/mol. The number of hydrogen-bond acceptors (Lipinski definition) is 7. The van der Waals surface area contributed by atoms with Crippen LogP contribution >= 0.6 is 0 Å². The molecular formula is C32H40BN3O7. The van der Waals surface area contributed by atoms with Crippen LogP contribution in [0.2, 0.25) is 0 Å². The number of aromatic amines is 1. The molecule has 2 aromatic carbocycles. The fourth-order valence-electron chi connectivity index (χ4n) is 4.87. The Hall–Kier alpha value is -4.09. The highest BCUT2D eigenvalue weighted by Gasteiger charge is 2.30. The number of amides is 2. The molecule has 5 heterocycles. The zero-order valence-electron chi connectivity index (χ0n) is 24.7. The molecule has 0 aliphatic carbocycles. The summed E-state index contributed by atoms with van der Waals surface area (Å²) in [5.41, 5.74) is 2.21. The Bertz CT molecular complexity index is 1360. The quantitative estimate of drug-likeness (QED) is 0.287. The van der Waals surface area contributed by atoms with Gasteiger partial charge in [-0.3, -0.25) is 14.4 Å². The minimum Gasteiger partial charge on any atom is -0.494 e. The number of carbonyl (C=O) groups excluding carboxylic acids is 3. The van der Waals surface area contributed by atoms with E-state index in [0.717, 1.165) is 29.7 Å². The van der Waals surface area contributed by atoms with Gasteiger partial charge in [-0.2, -0.15) is 0 Å². The van der Waals surface area contributed by atoms with Gasteiger partial charge in [0, 0.05) is 12.8 Å². The van der Waals surface area contributed by atoms with Crippen molar-refractivity contribution in [2.45, 2.75) is 64.4 Å². The van der Waals surface area contributed by atoms with Crippen LogP contribution in [0.15, 0.2) is 60.7 Å². The molecule has 0 saturated heterocycles. The molecule has 4 aliphatic rings. The van der Waals surface area contributed by atoms with Gasteiger partial charge >= 0.3 is 7.12 Å². The second kappa shape index (κ2) is 15.4. The maximum atomic E-state index is 13.4. The number of benzene rings is 2. The van der Waals surface area contributed by atoms with E-state index in [4.69, 9.17) is 9.47 Å². The van der Waals surface area contributed by atoms with Crippen molar-refractivity contribution in [3.63, 3.8) is 0 Å².